The Morgan fingerprint density at radius 2 is 2.03 bits per heavy atom. The Morgan fingerprint density at radius 3 is 2.71 bits per heavy atom. The molecule has 0 bridgehead atoms. The van der Waals surface area contributed by atoms with Gasteiger partial charge in [-0.25, -0.2) is 4.98 Å². The first-order valence-corrected chi connectivity index (χ1v) is 12.3. The van der Waals surface area contributed by atoms with Crippen molar-refractivity contribution in [3.8, 4) is 5.75 Å². The van der Waals surface area contributed by atoms with Crippen LogP contribution in [0.1, 0.15) is 32.3 Å². The van der Waals surface area contributed by atoms with E-state index in [2.05, 4.69) is 33.1 Å². The second kappa shape index (κ2) is 11.3. The Bertz CT molecular complexity index is 1200. The average Bonchev–Trinajstić information content (AvgIpc) is 3.34. The Kier molecular flexibility index (Phi) is 8.46. The quantitative estimate of drug-likeness (QED) is 0.333. The summed E-state index contributed by atoms with van der Waals surface area (Å²) in [6.07, 6.45) is 1.75. The van der Waals surface area contributed by atoms with E-state index in [1.54, 1.807) is 27.1 Å². The van der Waals surface area contributed by atoms with Crippen LogP contribution in [0, 0.1) is 20.8 Å². The van der Waals surface area contributed by atoms with Crippen LogP contribution in [0.25, 0.3) is 0 Å². The molecule has 0 saturated carbocycles. The molecular weight excluding hydrogens is 472 g/mol. The number of carbonyl (C=O) groups excluding carboxylic acids is 2. The highest BCUT2D eigenvalue weighted by atomic mass is 32.2. The summed E-state index contributed by atoms with van der Waals surface area (Å²) in [7, 11) is 3.36. The van der Waals surface area contributed by atoms with E-state index in [1.165, 1.54) is 22.2 Å². The lowest BCUT2D eigenvalue weighted by atomic mass is 10.1. The molecule has 1 aromatic carbocycles. The molecule has 0 spiro atoms. The first-order chi connectivity index (χ1) is 16.2. The minimum absolute atomic E-state index is 0.114. The van der Waals surface area contributed by atoms with Crippen molar-refractivity contribution < 1.29 is 14.3 Å². The summed E-state index contributed by atoms with van der Waals surface area (Å²) in [5.74, 6) is 1.16. The smallest absolute Gasteiger partial charge is 0.265 e. The van der Waals surface area contributed by atoms with Crippen LogP contribution in [0.3, 0.4) is 0 Å². The summed E-state index contributed by atoms with van der Waals surface area (Å²) in [4.78, 5) is 31.0. The topological polar surface area (TPSA) is 102 Å². The second-order valence-corrected chi connectivity index (χ2v) is 9.77. The molecule has 3 aromatic rings. The minimum atomic E-state index is -0.246. The van der Waals surface area contributed by atoms with E-state index in [4.69, 9.17) is 4.74 Å². The van der Waals surface area contributed by atoms with Gasteiger partial charge in [-0.3, -0.25) is 14.2 Å². The number of thioether (sulfide) groups is 1. The number of aryl methyl sites for hydroxylation is 3. The van der Waals surface area contributed by atoms with E-state index in [-0.39, 0.29) is 24.2 Å². The number of amides is 2. The maximum atomic E-state index is 12.5. The summed E-state index contributed by atoms with van der Waals surface area (Å²) < 4.78 is 7.82. The van der Waals surface area contributed by atoms with E-state index in [0.29, 0.717) is 33.2 Å². The van der Waals surface area contributed by atoms with Gasteiger partial charge in [-0.15, -0.1) is 16.8 Å². The molecule has 180 valence electrons. The maximum Gasteiger partial charge on any atom is 0.265 e. The number of nitrogens with one attached hydrogen (secondary N) is 1. The van der Waals surface area contributed by atoms with E-state index in [9.17, 15) is 9.59 Å². The van der Waals surface area contributed by atoms with Crippen LogP contribution in [-0.2, 0) is 17.9 Å². The van der Waals surface area contributed by atoms with Crippen molar-refractivity contribution >= 4 is 40.0 Å². The first-order valence-electron chi connectivity index (χ1n) is 10.5. The number of benzene rings is 1. The summed E-state index contributed by atoms with van der Waals surface area (Å²) in [5, 5.41) is 12.2. The number of carbonyl (C=O) groups is 2. The molecular formula is C23H28N6O3S2. The molecule has 1 N–H and O–H groups in total. The highest BCUT2D eigenvalue weighted by Gasteiger charge is 2.19. The lowest BCUT2D eigenvalue weighted by Gasteiger charge is -2.11. The van der Waals surface area contributed by atoms with E-state index in [0.717, 1.165) is 22.6 Å². The second-order valence-electron chi connectivity index (χ2n) is 7.83. The molecule has 0 unspecified atom stereocenters. The first kappa shape index (κ1) is 25.4. The molecule has 0 aliphatic rings. The normalized spacial score (nSPS) is 10.7. The SMILES string of the molecule is C=CCn1c(COc2ccc(C)cc2C)nnc1SCC(=O)Nc1nc(C)c(C(=O)N(C)C)s1. The molecule has 9 nitrogen and oxygen atoms in total. The van der Waals surface area contributed by atoms with Gasteiger partial charge in [0.15, 0.2) is 16.1 Å². The van der Waals surface area contributed by atoms with Crippen molar-refractivity contribution in [2.24, 2.45) is 0 Å². The number of ether oxygens (including phenoxy) is 1. The molecule has 0 aliphatic carbocycles. The fraction of sp³-hybridized carbons (Fsp3) is 0.348. The number of hydrogen-bond donors (Lipinski definition) is 1. The van der Waals surface area contributed by atoms with Gasteiger partial charge in [-0.05, 0) is 32.4 Å². The van der Waals surface area contributed by atoms with Gasteiger partial charge >= 0.3 is 0 Å². The van der Waals surface area contributed by atoms with Gasteiger partial charge in [0.25, 0.3) is 5.91 Å². The fourth-order valence-corrected chi connectivity index (χ4v) is 4.86. The summed E-state index contributed by atoms with van der Waals surface area (Å²) >= 11 is 2.42. The summed E-state index contributed by atoms with van der Waals surface area (Å²) in [6, 6.07) is 6.00. The summed E-state index contributed by atoms with van der Waals surface area (Å²) in [6.45, 7) is 10.3. The van der Waals surface area contributed by atoms with E-state index < -0.39 is 0 Å². The fourth-order valence-electron chi connectivity index (χ4n) is 3.09. The van der Waals surface area contributed by atoms with Crippen molar-refractivity contribution in [2.75, 3.05) is 25.2 Å². The van der Waals surface area contributed by atoms with Gasteiger partial charge in [0, 0.05) is 20.6 Å². The number of hydrogen-bond acceptors (Lipinski definition) is 8. The van der Waals surface area contributed by atoms with Crippen LogP contribution >= 0.6 is 23.1 Å². The largest absolute Gasteiger partial charge is 0.485 e. The lowest BCUT2D eigenvalue weighted by molar-refractivity contribution is -0.113. The number of allylic oxidation sites excluding steroid dienone is 1. The Balaban J connectivity index is 1.62. The Morgan fingerprint density at radius 1 is 1.26 bits per heavy atom. The number of aromatic nitrogens is 4. The predicted octanol–water partition coefficient (Wildman–Crippen LogP) is 3.86. The third kappa shape index (κ3) is 6.23. The molecule has 0 fully saturated rings. The van der Waals surface area contributed by atoms with E-state index in [1.807, 2.05) is 30.5 Å². The van der Waals surface area contributed by atoms with Crippen molar-refractivity contribution in [3.05, 3.63) is 58.4 Å². The van der Waals surface area contributed by atoms with Crippen LogP contribution in [0.4, 0.5) is 5.13 Å². The standard InChI is InChI=1S/C23H28N6O3S2/c1-7-10-29-18(12-32-17-9-8-14(2)11-15(17)3)26-27-23(29)33-13-19(30)25-22-24-16(4)20(34-22)21(31)28(5)6/h7-9,11H,1,10,12-13H2,2-6H3,(H,24,25,30). The predicted molar refractivity (Wildman–Crippen MR) is 135 cm³/mol. The highest BCUT2D eigenvalue weighted by Crippen LogP contribution is 2.25. The van der Waals surface area contributed by atoms with Crippen molar-refractivity contribution in [1.29, 1.82) is 0 Å². The molecule has 0 atom stereocenters. The molecule has 3 rings (SSSR count). The Hall–Kier alpha value is -3.18. The third-order valence-corrected chi connectivity index (χ3v) is 6.80. The van der Waals surface area contributed by atoms with Crippen LogP contribution in [0.2, 0.25) is 0 Å². The van der Waals surface area contributed by atoms with Gasteiger partial charge in [-0.2, -0.15) is 0 Å². The average molecular weight is 501 g/mol. The van der Waals surface area contributed by atoms with Gasteiger partial charge in [-0.1, -0.05) is 46.9 Å². The molecule has 11 heteroatoms. The number of thiazole rings is 1. The van der Waals surface area contributed by atoms with Crippen molar-refractivity contribution in [2.45, 2.75) is 39.1 Å². The monoisotopic (exact) mass is 500 g/mol. The molecule has 2 amide bonds. The molecule has 2 aromatic heterocycles. The molecule has 34 heavy (non-hydrogen) atoms. The van der Waals surface area contributed by atoms with Crippen molar-refractivity contribution in [1.82, 2.24) is 24.6 Å². The molecule has 2 heterocycles. The molecule has 0 saturated heterocycles. The van der Waals surface area contributed by atoms with Crippen LogP contribution < -0.4 is 10.1 Å². The van der Waals surface area contributed by atoms with E-state index >= 15 is 0 Å². The van der Waals surface area contributed by atoms with Gasteiger partial charge in [0.2, 0.25) is 5.91 Å². The van der Waals surface area contributed by atoms with Crippen LogP contribution in [0.15, 0.2) is 36.0 Å². The Labute approximate surface area is 207 Å². The third-order valence-electron chi connectivity index (χ3n) is 4.77. The minimum Gasteiger partial charge on any atom is -0.485 e. The zero-order chi connectivity index (χ0) is 24.8. The lowest BCUT2D eigenvalue weighted by Crippen LogP contribution is -2.21. The maximum absolute atomic E-state index is 12.5. The van der Waals surface area contributed by atoms with Gasteiger partial charge in [0.05, 0.1) is 11.4 Å². The number of nitrogens with zero attached hydrogens (tertiary/aromatic N) is 5. The van der Waals surface area contributed by atoms with Crippen LogP contribution in [0.5, 0.6) is 5.75 Å². The number of anilines is 1. The van der Waals surface area contributed by atoms with Crippen LogP contribution in [-0.4, -0.2) is 56.3 Å². The zero-order valence-corrected chi connectivity index (χ0v) is 21.5. The summed E-state index contributed by atoms with van der Waals surface area (Å²) in [5.41, 5.74) is 2.81. The molecule has 0 aliphatic heterocycles. The van der Waals surface area contributed by atoms with Gasteiger partial charge < -0.3 is 15.0 Å². The zero-order valence-electron chi connectivity index (χ0n) is 19.9. The molecule has 0 radical (unpaired) electrons. The van der Waals surface area contributed by atoms with Gasteiger partial charge in [0.1, 0.15) is 17.2 Å². The van der Waals surface area contributed by atoms with Crippen molar-refractivity contribution in [3.63, 3.8) is 0 Å². The number of rotatable bonds is 10. The highest BCUT2D eigenvalue weighted by molar-refractivity contribution is 7.99.